The maximum absolute atomic E-state index is 11.9. The van der Waals surface area contributed by atoms with Crippen LogP contribution in [-0.4, -0.2) is 5.97 Å². The smallest absolute Gasteiger partial charge is 0.343 e. The number of nitrogens with zero attached hydrogens (tertiary/aromatic N) is 1. The summed E-state index contributed by atoms with van der Waals surface area (Å²) >= 11 is 17.6. The third kappa shape index (κ3) is 3.23. The molecule has 0 radical (unpaired) electrons. The minimum absolute atomic E-state index is 0.0482. The summed E-state index contributed by atoms with van der Waals surface area (Å²) in [6.45, 7) is 0. The molecule has 2 aromatic carbocycles. The lowest BCUT2D eigenvalue weighted by Gasteiger charge is -2.08. The Balaban J connectivity index is 2.26. The molecule has 20 heavy (non-hydrogen) atoms. The predicted molar refractivity (Wildman–Crippen MR) is 77.6 cm³/mol. The zero-order valence-corrected chi connectivity index (χ0v) is 12.1. The zero-order chi connectivity index (χ0) is 14.7. The van der Waals surface area contributed by atoms with Gasteiger partial charge in [-0.25, -0.2) is 4.79 Å². The third-order valence-corrected chi connectivity index (χ3v) is 3.19. The van der Waals surface area contributed by atoms with Gasteiger partial charge < -0.3 is 4.74 Å². The van der Waals surface area contributed by atoms with Gasteiger partial charge in [0.15, 0.2) is 5.75 Å². The van der Waals surface area contributed by atoms with Crippen LogP contribution in [0.2, 0.25) is 15.1 Å². The van der Waals surface area contributed by atoms with Crippen LogP contribution in [0.4, 0.5) is 0 Å². The Morgan fingerprint density at radius 3 is 2.10 bits per heavy atom. The van der Waals surface area contributed by atoms with Crippen LogP contribution < -0.4 is 4.74 Å². The van der Waals surface area contributed by atoms with Gasteiger partial charge in [0.2, 0.25) is 0 Å². The number of ether oxygens (including phenoxy) is 1. The van der Waals surface area contributed by atoms with E-state index in [1.165, 1.54) is 36.4 Å². The number of halogens is 3. The van der Waals surface area contributed by atoms with Crippen molar-refractivity contribution < 1.29 is 9.53 Å². The Kier molecular flexibility index (Phi) is 4.51. The first-order valence-corrected chi connectivity index (χ1v) is 6.51. The Morgan fingerprint density at radius 1 is 1.05 bits per heavy atom. The number of carbonyl (C=O) groups is 1. The van der Waals surface area contributed by atoms with Crippen LogP contribution in [0.5, 0.6) is 5.75 Å². The van der Waals surface area contributed by atoms with Crippen molar-refractivity contribution in [2.75, 3.05) is 0 Å². The van der Waals surface area contributed by atoms with Crippen molar-refractivity contribution in [2.45, 2.75) is 0 Å². The largest absolute Gasteiger partial charge is 0.420 e. The summed E-state index contributed by atoms with van der Waals surface area (Å²) < 4.78 is 5.15. The quantitative estimate of drug-likeness (QED) is 0.591. The fraction of sp³-hybridized carbons (Fsp3) is 0. The molecule has 0 aromatic heterocycles. The van der Waals surface area contributed by atoms with Crippen molar-refractivity contribution in [3.63, 3.8) is 0 Å². The fourth-order valence-corrected chi connectivity index (χ4v) is 2.35. The van der Waals surface area contributed by atoms with Gasteiger partial charge in [-0.2, -0.15) is 5.26 Å². The molecule has 3 nitrogen and oxygen atoms in total. The monoisotopic (exact) mass is 325 g/mol. The second-order valence-electron chi connectivity index (χ2n) is 3.78. The van der Waals surface area contributed by atoms with E-state index in [1.807, 2.05) is 6.07 Å². The van der Waals surface area contributed by atoms with Gasteiger partial charge in [0.05, 0.1) is 27.2 Å². The highest BCUT2D eigenvalue weighted by molar-refractivity contribution is 6.40. The van der Waals surface area contributed by atoms with E-state index in [2.05, 4.69) is 0 Å². The normalized spacial score (nSPS) is 9.90. The fourth-order valence-electron chi connectivity index (χ4n) is 1.46. The molecule has 0 unspecified atom stereocenters. The van der Waals surface area contributed by atoms with E-state index in [0.717, 1.165) is 0 Å². The van der Waals surface area contributed by atoms with Gasteiger partial charge >= 0.3 is 5.97 Å². The lowest BCUT2D eigenvalue weighted by Crippen LogP contribution is -2.09. The summed E-state index contributed by atoms with van der Waals surface area (Å²) in [5.41, 5.74) is 0.732. The van der Waals surface area contributed by atoms with Gasteiger partial charge in [0.1, 0.15) is 0 Å². The first-order valence-electron chi connectivity index (χ1n) is 5.38. The van der Waals surface area contributed by atoms with Gasteiger partial charge in [-0.15, -0.1) is 0 Å². The summed E-state index contributed by atoms with van der Waals surface area (Å²) in [5.74, 6) is -0.576. The number of esters is 1. The van der Waals surface area contributed by atoms with E-state index in [1.54, 1.807) is 0 Å². The number of rotatable bonds is 2. The van der Waals surface area contributed by atoms with Crippen LogP contribution in [0.1, 0.15) is 15.9 Å². The average Bonchev–Trinajstić information content (AvgIpc) is 2.42. The van der Waals surface area contributed by atoms with Crippen molar-refractivity contribution in [3.8, 4) is 11.8 Å². The van der Waals surface area contributed by atoms with Gasteiger partial charge in [0.25, 0.3) is 0 Å². The minimum Gasteiger partial charge on any atom is -0.420 e. The minimum atomic E-state index is -0.624. The molecule has 0 aliphatic rings. The Hall–Kier alpha value is -1.73. The molecular weight excluding hydrogens is 321 g/mol. The van der Waals surface area contributed by atoms with Crippen molar-refractivity contribution in [1.82, 2.24) is 0 Å². The highest BCUT2D eigenvalue weighted by Gasteiger charge is 2.15. The van der Waals surface area contributed by atoms with E-state index >= 15 is 0 Å². The van der Waals surface area contributed by atoms with Crippen LogP contribution in [-0.2, 0) is 0 Å². The van der Waals surface area contributed by atoms with E-state index in [0.29, 0.717) is 10.6 Å². The van der Waals surface area contributed by atoms with Crippen molar-refractivity contribution in [3.05, 3.63) is 62.6 Å². The first-order chi connectivity index (χ1) is 9.51. The molecule has 0 fully saturated rings. The van der Waals surface area contributed by atoms with Crippen molar-refractivity contribution in [1.29, 1.82) is 5.26 Å². The molecule has 0 amide bonds. The maximum Gasteiger partial charge on any atom is 0.343 e. The zero-order valence-electron chi connectivity index (χ0n) is 9.86. The standard InChI is InChI=1S/C14H6Cl3NO2/c15-10-5-11(16)13(12(17)6-10)20-14(19)9-3-1-8(7-18)2-4-9/h1-6H. The average molecular weight is 327 g/mol. The number of carbonyl (C=O) groups excluding carboxylic acids is 1. The van der Waals surface area contributed by atoms with Crippen molar-refractivity contribution >= 4 is 40.8 Å². The number of nitriles is 1. The van der Waals surface area contributed by atoms with Gasteiger partial charge in [0, 0.05) is 5.02 Å². The summed E-state index contributed by atoms with van der Waals surface area (Å²) in [6, 6.07) is 10.8. The van der Waals surface area contributed by atoms with E-state index in [4.69, 9.17) is 44.8 Å². The van der Waals surface area contributed by atoms with Crippen LogP contribution in [0, 0.1) is 11.3 Å². The summed E-state index contributed by atoms with van der Waals surface area (Å²) in [6.07, 6.45) is 0. The number of hydrogen-bond donors (Lipinski definition) is 0. The molecule has 2 aromatic rings. The molecule has 0 bridgehead atoms. The number of hydrogen-bond acceptors (Lipinski definition) is 3. The van der Waals surface area contributed by atoms with Crippen LogP contribution in [0.15, 0.2) is 36.4 Å². The molecule has 100 valence electrons. The molecule has 0 spiro atoms. The van der Waals surface area contributed by atoms with Crippen LogP contribution in [0.3, 0.4) is 0 Å². The Labute approximate surface area is 130 Å². The molecule has 0 heterocycles. The predicted octanol–water partition coefficient (Wildman–Crippen LogP) is 4.74. The molecule has 0 saturated carbocycles. The lowest BCUT2D eigenvalue weighted by molar-refractivity contribution is 0.0735. The highest BCUT2D eigenvalue weighted by Crippen LogP contribution is 2.36. The molecule has 0 atom stereocenters. The SMILES string of the molecule is N#Cc1ccc(C(=O)Oc2c(Cl)cc(Cl)cc2Cl)cc1. The molecular formula is C14H6Cl3NO2. The molecule has 0 N–H and O–H groups in total. The van der Waals surface area contributed by atoms with Gasteiger partial charge in [-0.1, -0.05) is 34.8 Å². The topological polar surface area (TPSA) is 50.1 Å². The van der Waals surface area contributed by atoms with E-state index < -0.39 is 5.97 Å². The molecule has 0 aliphatic heterocycles. The van der Waals surface area contributed by atoms with Crippen molar-refractivity contribution in [2.24, 2.45) is 0 Å². The van der Waals surface area contributed by atoms with Gasteiger partial charge in [-0.3, -0.25) is 0 Å². The van der Waals surface area contributed by atoms with E-state index in [-0.39, 0.29) is 21.4 Å². The second-order valence-corrected chi connectivity index (χ2v) is 5.03. The Bertz CT molecular complexity index is 682. The Morgan fingerprint density at radius 2 is 1.60 bits per heavy atom. The molecule has 6 heteroatoms. The molecule has 2 rings (SSSR count). The maximum atomic E-state index is 11.9. The summed E-state index contributed by atoms with van der Waals surface area (Å²) in [7, 11) is 0. The summed E-state index contributed by atoms with van der Waals surface area (Å²) in [4.78, 5) is 11.9. The first kappa shape index (κ1) is 14.7. The highest BCUT2D eigenvalue weighted by atomic mass is 35.5. The molecule has 0 saturated heterocycles. The van der Waals surface area contributed by atoms with E-state index in [9.17, 15) is 4.79 Å². The third-order valence-electron chi connectivity index (χ3n) is 2.41. The van der Waals surface area contributed by atoms with Crippen LogP contribution in [0.25, 0.3) is 0 Å². The summed E-state index contributed by atoms with van der Waals surface area (Å²) in [5, 5.41) is 9.32. The lowest BCUT2D eigenvalue weighted by atomic mass is 10.1. The van der Waals surface area contributed by atoms with Gasteiger partial charge in [-0.05, 0) is 36.4 Å². The number of benzene rings is 2. The van der Waals surface area contributed by atoms with Crippen LogP contribution >= 0.6 is 34.8 Å². The second kappa shape index (κ2) is 6.15. The molecule has 0 aliphatic carbocycles.